The molecular weight excluding hydrogens is 464 g/mol. The van der Waals surface area contributed by atoms with Gasteiger partial charge in [-0.15, -0.1) is 5.10 Å². The molecular formula is C30H26N4O3. The predicted octanol–water partition coefficient (Wildman–Crippen LogP) is 4.48. The highest BCUT2D eigenvalue weighted by atomic mass is 16.7. The second kappa shape index (κ2) is 11.0. The van der Waals surface area contributed by atoms with Gasteiger partial charge < -0.3 is 5.11 Å². The number of aromatic nitrogens is 3. The standard InChI is InChI=1S/C30H26N4O3/c35-22-23-16-18-24(19-17-23)28-20-34(33-31-28)21-29(36)32-37-30(25-10-4-1-5-11-25,26-12-6-2-7-13-26)27-14-8-3-9-15-27/h1-20,35H,21-22H2,(H,32,36). The molecule has 7 heteroatoms. The van der Waals surface area contributed by atoms with Gasteiger partial charge in [0, 0.05) is 5.56 Å². The Morgan fingerprint density at radius 3 is 1.78 bits per heavy atom. The smallest absolute Gasteiger partial charge is 0.265 e. The zero-order valence-electron chi connectivity index (χ0n) is 20.1. The summed E-state index contributed by atoms with van der Waals surface area (Å²) in [5.74, 6) is -0.376. The van der Waals surface area contributed by atoms with E-state index in [4.69, 9.17) is 4.84 Å². The molecule has 5 aromatic rings. The molecule has 0 spiro atoms. The van der Waals surface area contributed by atoms with Crippen LogP contribution in [0.1, 0.15) is 22.3 Å². The van der Waals surface area contributed by atoms with E-state index >= 15 is 0 Å². The Labute approximate surface area is 214 Å². The van der Waals surface area contributed by atoms with Crippen molar-refractivity contribution in [2.24, 2.45) is 0 Å². The lowest BCUT2D eigenvalue weighted by molar-refractivity contribution is -0.144. The van der Waals surface area contributed by atoms with Gasteiger partial charge in [-0.05, 0) is 22.3 Å². The van der Waals surface area contributed by atoms with Crippen LogP contribution in [0.4, 0.5) is 0 Å². The minimum atomic E-state index is -1.07. The van der Waals surface area contributed by atoms with Crippen LogP contribution >= 0.6 is 0 Å². The number of hydrogen-bond donors (Lipinski definition) is 2. The number of amides is 1. The number of hydroxylamine groups is 1. The van der Waals surface area contributed by atoms with Crippen LogP contribution in [0.2, 0.25) is 0 Å². The van der Waals surface area contributed by atoms with Gasteiger partial charge in [0.1, 0.15) is 12.2 Å². The van der Waals surface area contributed by atoms with Gasteiger partial charge in [0.15, 0.2) is 5.60 Å². The van der Waals surface area contributed by atoms with Crippen molar-refractivity contribution in [3.63, 3.8) is 0 Å². The van der Waals surface area contributed by atoms with Crippen molar-refractivity contribution >= 4 is 5.91 Å². The Bertz CT molecular complexity index is 1340. The third-order valence-corrected chi connectivity index (χ3v) is 6.14. The average Bonchev–Trinajstić information content (AvgIpc) is 3.43. The number of benzene rings is 4. The summed E-state index contributed by atoms with van der Waals surface area (Å²) in [4.78, 5) is 19.4. The molecule has 37 heavy (non-hydrogen) atoms. The van der Waals surface area contributed by atoms with E-state index in [1.807, 2.05) is 115 Å². The zero-order valence-corrected chi connectivity index (χ0v) is 20.1. The monoisotopic (exact) mass is 490 g/mol. The topological polar surface area (TPSA) is 89.3 Å². The summed E-state index contributed by atoms with van der Waals surface area (Å²) in [7, 11) is 0. The van der Waals surface area contributed by atoms with Crippen molar-refractivity contribution in [3.8, 4) is 11.3 Å². The number of carbonyl (C=O) groups is 1. The first-order valence-corrected chi connectivity index (χ1v) is 11.9. The Morgan fingerprint density at radius 2 is 1.30 bits per heavy atom. The first kappa shape index (κ1) is 24.1. The lowest BCUT2D eigenvalue weighted by atomic mass is 9.80. The first-order valence-electron chi connectivity index (χ1n) is 11.9. The fraction of sp³-hybridized carbons (Fsp3) is 0.100. The van der Waals surface area contributed by atoms with Crippen LogP contribution in [0.3, 0.4) is 0 Å². The maximum absolute atomic E-state index is 13.0. The molecule has 0 unspecified atom stereocenters. The number of aliphatic hydroxyl groups is 1. The highest BCUT2D eigenvalue weighted by Crippen LogP contribution is 2.39. The molecule has 0 saturated carbocycles. The van der Waals surface area contributed by atoms with Crippen molar-refractivity contribution in [1.29, 1.82) is 0 Å². The van der Waals surface area contributed by atoms with E-state index in [2.05, 4.69) is 15.8 Å². The number of rotatable bonds is 9. The quantitative estimate of drug-likeness (QED) is 0.235. The Balaban J connectivity index is 1.40. The lowest BCUT2D eigenvalue weighted by Crippen LogP contribution is -2.41. The SMILES string of the molecule is O=C(Cn1cc(-c2ccc(CO)cc2)nn1)NOC(c1ccccc1)(c1ccccc1)c1ccccc1. The third kappa shape index (κ3) is 5.18. The van der Waals surface area contributed by atoms with Crippen LogP contribution in [0.25, 0.3) is 11.3 Å². The van der Waals surface area contributed by atoms with E-state index < -0.39 is 5.60 Å². The number of hydrogen-bond acceptors (Lipinski definition) is 5. The van der Waals surface area contributed by atoms with E-state index in [0.717, 1.165) is 27.8 Å². The highest BCUT2D eigenvalue weighted by molar-refractivity contribution is 5.74. The van der Waals surface area contributed by atoms with Crippen LogP contribution < -0.4 is 5.48 Å². The molecule has 5 rings (SSSR count). The molecule has 0 saturated heterocycles. The van der Waals surface area contributed by atoms with Crippen molar-refractivity contribution in [1.82, 2.24) is 20.5 Å². The van der Waals surface area contributed by atoms with Crippen LogP contribution in [-0.2, 0) is 28.4 Å². The molecule has 0 bridgehead atoms. The molecule has 1 amide bonds. The highest BCUT2D eigenvalue weighted by Gasteiger charge is 2.39. The van der Waals surface area contributed by atoms with Crippen LogP contribution in [0.15, 0.2) is 121 Å². The summed E-state index contributed by atoms with van der Waals surface area (Å²) in [5.41, 5.74) is 6.52. The van der Waals surface area contributed by atoms with Crippen LogP contribution in [0, 0.1) is 0 Å². The van der Waals surface area contributed by atoms with Gasteiger partial charge >= 0.3 is 0 Å². The molecule has 0 radical (unpaired) electrons. The molecule has 7 nitrogen and oxygen atoms in total. The summed E-state index contributed by atoms with van der Waals surface area (Å²) in [5, 5.41) is 17.5. The van der Waals surface area contributed by atoms with Crippen molar-refractivity contribution < 1.29 is 14.7 Å². The maximum Gasteiger partial charge on any atom is 0.265 e. The van der Waals surface area contributed by atoms with Crippen LogP contribution in [-0.4, -0.2) is 26.0 Å². The van der Waals surface area contributed by atoms with Gasteiger partial charge in [-0.25, -0.2) is 10.2 Å². The second-order valence-electron chi connectivity index (χ2n) is 8.56. The van der Waals surface area contributed by atoms with Crippen LogP contribution in [0.5, 0.6) is 0 Å². The van der Waals surface area contributed by atoms with Gasteiger partial charge in [0.05, 0.1) is 12.8 Å². The molecule has 0 aliphatic heterocycles. The number of carbonyl (C=O) groups excluding carboxylic acids is 1. The summed E-state index contributed by atoms with van der Waals surface area (Å²) < 4.78 is 1.46. The van der Waals surface area contributed by atoms with E-state index in [0.29, 0.717) is 5.69 Å². The minimum Gasteiger partial charge on any atom is -0.392 e. The van der Waals surface area contributed by atoms with Gasteiger partial charge in [-0.3, -0.25) is 9.63 Å². The molecule has 184 valence electrons. The van der Waals surface area contributed by atoms with Gasteiger partial charge in [0.2, 0.25) is 0 Å². The Morgan fingerprint density at radius 1 is 0.784 bits per heavy atom. The fourth-order valence-corrected chi connectivity index (χ4v) is 4.30. The fourth-order valence-electron chi connectivity index (χ4n) is 4.30. The second-order valence-corrected chi connectivity index (χ2v) is 8.56. The predicted molar refractivity (Wildman–Crippen MR) is 140 cm³/mol. The third-order valence-electron chi connectivity index (χ3n) is 6.14. The van der Waals surface area contributed by atoms with Crippen molar-refractivity contribution in [2.75, 3.05) is 0 Å². The molecule has 1 heterocycles. The summed E-state index contributed by atoms with van der Waals surface area (Å²) in [6.07, 6.45) is 1.70. The number of nitrogens with one attached hydrogen (secondary N) is 1. The molecule has 4 aromatic carbocycles. The van der Waals surface area contributed by atoms with E-state index in [-0.39, 0.29) is 19.1 Å². The normalized spacial score (nSPS) is 11.3. The molecule has 0 aliphatic rings. The van der Waals surface area contributed by atoms with E-state index in [1.165, 1.54) is 4.68 Å². The molecule has 0 aliphatic carbocycles. The summed E-state index contributed by atoms with van der Waals surface area (Å²) in [6, 6.07) is 36.8. The molecule has 0 atom stereocenters. The molecule has 2 N–H and O–H groups in total. The minimum absolute atomic E-state index is 0.0242. The summed E-state index contributed by atoms with van der Waals surface area (Å²) in [6.45, 7) is -0.0975. The van der Waals surface area contributed by atoms with E-state index in [9.17, 15) is 9.90 Å². The Hall–Kier alpha value is -4.59. The van der Waals surface area contributed by atoms with Crippen molar-refractivity contribution in [3.05, 3.63) is 144 Å². The first-order chi connectivity index (χ1) is 18.2. The average molecular weight is 491 g/mol. The lowest BCUT2D eigenvalue weighted by Gasteiger charge is -2.34. The number of nitrogens with zero attached hydrogens (tertiary/aromatic N) is 3. The van der Waals surface area contributed by atoms with Gasteiger partial charge in [-0.2, -0.15) is 0 Å². The van der Waals surface area contributed by atoms with Crippen molar-refractivity contribution in [2.45, 2.75) is 18.8 Å². The zero-order chi connectivity index (χ0) is 25.5. The number of aliphatic hydroxyl groups excluding tert-OH is 1. The van der Waals surface area contributed by atoms with E-state index in [1.54, 1.807) is 6.20 Å². The van der Waals surface area contributed by atoms with Gasteiger partial charge in [-0.1, -0.05) is 120 Å². The maximum atomic E-state index is 13.0. The largest absolute Gasteiger partial charge is 0.392 e. The molecule has 0 fully saturated rings. The molecule has 1 aromatic heterocycles. The Kier molecular flexibility index (Phi) is 7.16. The van der Waals surface area contributed by atoms with Gasteiger partial charge in [0.25, 0.3) is 5.91 Å². The summed E-state index contributed by atoms with van der Waals surface area (Å²) >= 11 is 0.